The Labute approximate surface area is 126 Å². The minimum atomic E-state index is -0.466. The molecular weight excluding hydrogens is 270 g/mol. The maximum absolute atomic E-state index is 12.1. The molecule has 2 rings (SSSR count). The van der Waals surface area contributed by atoms with Gasteiger partial charge in [0.1, 0.15) is 11.4 Å². The number of hydrogen-bond acceptors (Lipinski definition) is 5. The lowest BCUT2D eigenvalue weighted by atomic mass is 10.2. The van der Waals surface area contributed by atoms with Gasteiger partial charge < -0.3 is 14.8 Å². The molecule has 0 saturated heterocycles. The van der Waals surface area contributed by atoms with Crippen molar-refractivity contribution in [3.05, 3.63) is 0 Å². The first-order chi connectivity index (χ1) is 9.89. The molecule has 1 fully saturated rings. The van der Waals surface area contributed by atoms with E-state index in [4.69, 9.17) is 9.47 Å². The van der Waals surface area contributed by atoms with Crippen LogP contribution >= 0.6 is 0 Å². The summed E-state index contributed by atoms with van der Waals surface area (Å²) >= 11 is 0. The third kappa shape index (κ3) is 4.59. The Bertz CT molecular complexity index is 403. The van der Waals surface area contributed by atoms with E-state index in [-0.39, 0.29) is 12.2 Å². The van der Waals surface area contributed by atoms with E-state index < -0.39 is 5.60 Å². The van der Waals surface area contributed by atoms with Crippen molar-refractivity contribution < 1.29 is 14.3 Å². The van der Waals surface area contributed by atoms with E-state index in [1.165, 1.54) is 6.42 Å². The molecule has 1 amide bonds. The van der Waals surface area contributed by atoms with Crippen molar-refractivity contribution in [2.24, 2.45) is 4.99 Å². The Morgan fingerprint density at radius 2 is 2.14 bits per heavy atom. The van der Waals surface area contributed by atoms with E-state index in [1.807, 2.05) is 20.8 Å². The minimum Gasteiger partial charge on any atom is -0.444 e. The summed E-state index contributed by atoms with van der Waals surface area (Å²) in [6.45, 7) is 7.35. The first-order valence-electron chi connectivity index (χ1n) is 7.69. The molecule has 0 spiro atoms. The van der Waals surface area contributed by atoms with Crippen LogP contribution in [-0.2, 0) is 9.47 Å². The Hall–Kier alpha value is -1.30. The first-order valence-corrected chi connectivity index (χ1v) is 7.69. The number of aliphatic imine (C=N–C) groups is 1. The lowest BCUT2D eigenvalue weighted by molar-refractivity contribution is 0.0275. The van der Waals surface area contributed by atoms with Crippen molar-refractivity contribution in [2.45, 2.75) is 57.8 Å². The number of carbonyl (C=O) groups excluding carboxylic acids is 1. The number of hydrogen-bond donors (Lipinski definition) is 1. The highest BCUT2D eigenvalue weighted by Gasteiger charge is 2.30. The fraction of sp³-hybridized carbons (Fsp3) is 0.867. The van der Waals surface area contributed by atoms with Crippen molar-refractivity contribution in [1.29, 1.82) is 0 Å². The molecule has 1 aliphatic carbocycles. The zero-order valence-electron chi connectivity index (χ0n) is 13.5. The van der Waals surface area contributed by atoms with Crippen LogP contribution in [0.25, 0.3) is 0 Å². The summed E-state index contributed by atoms with van der Waals surface area (Å²) < 4.78 is 10.9. The Kier molecular flexibility index (Phi) is 5.08. The van der Waals surface area contributed by atoms with Crippen LogP contribution in [0.2, 0.25) is 0 Å². The Morgan fingerprint density at radius 1 is 1.38 bits per heavy atom. The molecule has 6 nitrogen and oxygen atoms in total. The molecule has 0 aromatic carbocycles. The van der Waals surface area contributed by atoms with Crippen LogP contribution in [0.15, 0.2) is 4.99 Å². The van der Waals surface area contributed by atoms with E-state index in [1.54, 1.807) is 12.0 Å². The molecule has 2 atom stereocenters. The molecule has 2 aliphatic rings. The number of methoxy groups -OCH3 is 1. The van der Waals surface area contributed by atoms with Gasteiger partial charge in [0.05, 0.1) is 25.2 Å². The first kappa shape index (κ1) is 16.1. The van der Waals surface area contributed by atoms with Crippen molar-refractivity contribution >= 4 is 11.9 Å². The van der Waals surface area contributed by atoms with Crippen LogP contribution < -0.4 is 5.32 Å². The van der Waals surface area contributed by atoms with Crippen molar-refractivity contribution in [2.75, 3.05) is 26.7 Å². The second kappa shape index (κ2) is 6.64. The maximum Gasteiger partial charge on any atom is 0.410 e. The van der Waals surface area contributed by atoms with Gasteiger partial charge in [0.25, 0.3) is 0 Å². The minimum absolute atomic E-state index is 0.240. The van der Waals surface area contributed by atoms with E-state index >= 15 is 0 Å². The molecule has 0 aromatic heterocycles. The third-order valence-corrected chi connectivity index (χ3v) is 3.77. The maximum atomic E-state index is 12.1. The number of amides is 1. The zero-order chi connectivity index (χ0) is 15.5. The lowest BCUT2D eigenvalue weighted by Gasteiger charge is -2.31. The number of nitrogens with one attached hydrogen (secondary N) is 1. The quantitative estimate of drug-likeness (QED) is 0.844. The zero-order valence-corrected chi connectivity index (χ0v) is 13.5. The van der Waals surface area contributed by atoms with Gasteiger partial charge in [-0.1, -0.05) is 0 Å². The van der Waals surface area contributed by atoms with Gasteiger partial charge in [0, 0.05) is 13.7 Å². The molecule has 0 aromatic rings. The van der Waals surface area contributed by atoms with Gasteiger partial charge in [-0.2, -0.15) is 0 Å². The Balaban J connectivity index is 1.88. The van der Waals surface area contributed by atoms with Crippen molar-refractivity contribution in [1.82, 2.24) is 10.2 Å². The summed E-state index contributed by atoms with van der Waals surface area (Å²) in [5.41, 5.74) is -0.466. The van der Waals surface area contributed by atoms with Gasteiger partial charge in [-0.3, -0.25) is 9.89 Å². The molecule has 0 radical (unpaired) electrons. The molecule has 1 saturated carbocycles. The molecular formula is C15H27N3O3. The molecule has 1 N–H and O–H groups in total. The largest absolute Gasteiger partial charge is 0.444 e. The summed E-state index contributed by atoms with van der Waals surface area (Å²) in [5, 5.41) is 3.44. The third-order valence-electron chi connectivity index (χ3n) is 3.77. The second-order valence-corrected chi connectivity index (χ2v) is 6.69. The molecule has 2 unspecified atom stereocenters. The smallest absolute Gasteiger partial charge is 0.410 e. The number of nitrogens with zero attached hydrogens (tertiary/aromatic N) is 2. The highest BCUT2D eigenvalue weighted by molar-refractivity contribution is 5.88. The Morgan fingerprint density at radius 3 is 2.81 bits per heavy atom. The van der Waals surface area contributed by atoms with Crippen LogP contribution in [0, 0.1) is 0 Å². The number of ether oxygens (including phenoxy) is 2. The molecule has 0 bridgehead atoms. The summed E-state index contributed by atoms with van der Waals surface area (Å²) in [7, 11) is 1.75. The normalized spacial score (nSPS) is 26.5. The predicted molar refractivity (Wildman–Crippen MR) is 81.7 cm³/mol. The van der Waals surface area contributed by atoms with Crippen molar-refractivity contribution in [3.8, 4) is 0 Å². The summed E-state index contributed by atoms with van der Waals surface area (Å²) in [6.07, 6.45) is 3.30. The van der Waals surface area contributed by atoms with Gasteiger partial charge in [0.15, 0.2) is 0 Å². The SMILES string of the molecule is COC1CCCC1NC1=NCCN(C(=O)OC(C)(C)C)C1. The molecule has 21 heavy (non-hydrogen) atoms. The fourth-order valence-electron chi connectivity index (χ4n) is 2.78. The summed E-state index contributed by atoms with van der Waals surface area (Å²) in [4.78, 5) is 18.3. The second-order valence-electron chi connectivity index (χ2n) is 6.69. The van der Waals surface area contributed by atoms with E-state index in [9.17, 15) is 4.79 Å². The monoisotopic (exact) mass is 297 g/mol. The highest BCUT2D eigenvalue weighted by atomic mass is 16.6. The topological polar surface area (TPSA) is 63.2 Å². The van der Waals surface area contributed by atoms with E-state index in [0.717, 1.165) is 18.7 Å². The van der Waals surface area contributed by atoms with Crippen LogP contribution in [0.3, 0.4) is 0 Å². The van der Waals surface area contributed by atoms with Gasteiger partial charge in [-0.05, 0) is 40.0 Å². The molecule has 1 heterocycles. The number of rotatable bonds is 2. The van der Waals surface area contributed by atoms with Gasteiger partial charge in [-0.15, -0.1) is 0 Å². The van der Waals surface area contributed by atoms with Crippen LogP contribution in [-0.4, -0.2) is 61.3 Å². The van der Waals surface area contributed by atoms with Crippen LogP contribution in [0.5, 0.6) is 0 Å². The van der Waals surface area contributed by atoms with E-state index in [2.05, 4.69) is 10.3 Å². The molecule has 120 valence electrons. The summed E-state index contributed by atoms with van der Waals surface area (Å²) in [5.74, 6) is 0.862. The standard InChI is InChI=1S/C15H27N3O3/c1-15(2,3)21-14(19)18-9-8-16-13(10-18)17-11-6-5-7-12(11)20-4/h11-12H,5-10H2,1-4H3,(H,16,17). The number of carbonyl (C=O) groups is 1. The average Bonchev–Trinajstić information content (AvgIpc) is 2.84. The predicted octanol–water partition coefficient (Wildman–Crippen LogP) is 1.79. The highest BCUT2D eigenvalue weighted by Crippen LogP contribution is 2.21. The van der Waals surface area contributed by atoms with Gasteiger partial charge in [-0.25, -0.2) is 4.79 Å². The number of amidine groups is 1. The summed E-state index contributed by atoms with van der Waals surface area (Å²) in [6, 6.07) is 0.298. The van der Waals surface area contributed by atoms with Gasteiger partial charge >= 0.3 is 6.09 Å². The fourth-order valence-corrected chi connectivity index (χ4v) is 2.78. The lowest BCUT2D eigenvalue weighted by Crippen LogP contribution is -2.50. The van der Waals surface area contributed by atoms with Gasteiger partial charge in [0.2, 0.25) is 0 Å². The van der Waals surface area contributed by atoms with Crippen molar-refractivity contribution in [3.63, 3.8) is 0 Å². The van der Waals surface area contributed by atoms with Crippen LogP contribution in [0.1, 0.15) is 40.0 Å². The average molecular weight is 297 g/mol. The molecule has 6 heteroatoms. The van der Waals surface area contributed by atoms with Crippen LogP contribution in [0.4, 0.5) is 4.79 Å². The van der Waals surface area contributed by atoms with E-state index in [0.29, 0.717) is 25.7 Å². The molecule has 1 aliphatic heterocycles.